The van der Waals surface area contributed by atoms with Gasteiger partial charge in [-0.2, -0.15) is 0 Å². The molecule has 1 aliphatic heterocycles. The van der Waals surface area contributed by atoms with Crippen LogP contribution in [0.3, 0.4) is 0 Å². The van der Waals surface area contributed by atoms with E-state index in [0.717, 1.165) is 23.3 Å². The number of hydrogen-bond donors (Lipinski definition) is 1. The highest BCUT2D eigenvalue weighted by atomic mass is 19.1. The fourth-order valence-corrected chi connectivity index (χ4v) is 3.74. The first-order valence-electron chi connectivity index (χ1n) is 9.94. The van der Waals surface area contributed by atoms with E-state index in [9.17, 15) is 14.0 Å². The number of unbranched alkanes of at least 4 members (excludes halogenated alkanes) is 1. The van der Waals surface area contributed by atoms with Crippen molar-refractivity contribution < 1.29 is 18.5 Å². The van der Waals surface area contributed by atoms with Crippen molar-refractivity contribution in [2.24, 2.45) is 0 Å². The summed E-state index contributed by atoms with van der Waals surface area (Å²) in [6.45, 7) is 2.01. The van der Waals surface area contributed by atoms with Crippen LogP contribution in [0.25, 0.3) is 11.3 Å². The Morgan fingerprint density at radius 3 is 2.53 bits per heavy atom. The van der Waals surface area contributed by atoms with Gasteiger partial charge in [-0.1, -0.05) is 67.4 Å². The number of hydrogen-bond acceptors (Lipinski definition) is 4. The van der Waals surface area contributed by atoms with Gasteiger partial charge in [0.05, 0.1) is 6.54 Å². The van der Waals surface area contributed by atoms with Crippen molar-refractivity contribution in [2.45, 2.75) is 38.3 Å². The topological polar surface area (TPSA) is 75.4 Å². The summed E-state index contributed by atoms with van der Waals surface area (Å²) in [6.07, 6.45) is 2.03. The molecule has 2 heterocycles. The third kappa shape index (κ3) is 3.58. The van der Waals surface area contributed by atoms with Gasteiger partial charge in [0.15, 0.2) is 5.76 Å². The first kappa shape index (κ1) is 19.8. The summed E-state index contributed by atoms with van der Waals surface area (Å²) in [6, 6.07) is 16.4. The van der Waals surface area contributed by atoms with Crippen molar-refractivity contribution in [3.05, 3.63) is 77.7 Å². The van der Waals surface area contributed by atoms with E-state index in [4.69, 9.17) is 4.52 Å². The number of aromatic nitrogens is 1. The van der Waals surface area contributed by atoms with Gasteiger partial charge in [0.1, 0.15) is 17.1 Å². The average molecular weight is 407 g/mol. The first-order chi connectivity index (χ1) is 14.5. The molecule has 0 spiro atoms. The molecule has 0 radical (unpaired) electrons. The molecule has 3 amide bonds. The molecule has 0 aliphatic carbocycles. The van der Waals surface area contributed by atoms with Crippen LogP contribution in [0.15, 0.2) is 65.2 Å². The fraction of sp³-hybridized carbons (Fsp3) is 0.261. The van der Waals surface area contributed by atoms with Gasteiger partial charge in [0.2, 0.25) is 0 Å². The van der Waals surface area contributed by atoms with Crippen molar-refractivity contribution in [2.75, 3.05) is 0 Å². The highest BCUT2D eigenvalue weighted by Crippen LogP contribution is 2.35. The van der Waals surface area contributed by atoms with E-state index < -0.39 is 17.4 Å². The van der Waals surface area contributed by atoms with E-state index in [2.05, 4.69) is 10.5 Å². The molecule has 2 aromatic carbocycles. The molecule has 1 atom stereocenters. The highest BCUT2D eigenvalue weighted by Gasteiger charge is 2.52. The van der Waals surface area contributed by atoms with Crippen molar-refractivity contribution in [1.29, 1.82) is 0 Å². The lowest BCUT2D eigenvalue weighted by Gasteiger charge is -2.27. The largest absolute Gasteiger partial charge is 0.356 e. The number of nitrogens with one attached hydrogen (secondary N) is 1. The summed E-state index contributed by atoms with van der Waals surface area (Å²) < 4.78 is 18.8. The van der Waals surface area contributed by atoms with Crippen LogP contribution in [0.5, 0.6) is 0 Å². The van der Waals surface area contributed by atoms with E-state index in [1.807, 2.05) is 37.3 Å². The molecule has 3 aromatic rings. The summed E-state index contributed by atoms with van der Waals surface area (Å²) >= 11 is 0. The van der Waals surface area contributed by atoms with Crippen LogP contribution < -0.4 is 5.32 Å². The Bertz CT molecular complexity index is 1050. The van der Waals surface area contributed by atoms with Crippen LogP contribution in [-0.4, -0.2) is 22.0 Å². The van der Waals surface area contributed by atoms with E-state index in [0.29, 0.717) is 23.4 Å². The second-order valence-corrected chi connectivity index (χ2v) is 7.39. The fourth-order valence-electron chi connectivity index (χ4n) is 3.74. The van der Waals surface area contributed by atoms with Crippen molar-refractivity contribution in [3.63, 3.8) is 0 Å². The van der Waals surface area contributed by atoms with Crippen molar-refractivity contribution in [1.82, 2.24) is 15.4 Å². The normalized spacial score (nSPS) is 18.7. The molecule has 1 aliphatic rings. The quantitative estimate of drug-likeness (QED) is 0.580. The third-order valence-electron chi connectivity index (χ3n) is 5.36. The summed E-state index contributed by atoms with van der Waals surface area (Å²) in [5.41, 5.74) is 0.704. The molecular weight excluding hydrogens is 385 g/mol. The molecular formula is C23H22FN3O3. The van der Waals surface area contributed by atoms with E-state index in [-0.39, 0.29) is 12.5 Å². The maximum atomic E-state index is 13.4. The van der Waals surface area contributed by atoms with Crippen molar-refractivity contribution >= 4 is 11.9 Å². The van der Waals surface area contributed by atoms with Gasteiger partial charge < -0.3 is 9.84 Å². The lowest BCUT2D eigenvalue weighted by molar-refractivity contribution is -0.132. The summed E-state index contributed by atoms with van der Waals surface area (Å²) in [7, 11) is 0. The van der Waals surface area contributed by atoms with Crippen LogP contribution in [0.4, 0.5) is 9.18 Å². The van der Waals surface area contributed by atoms with Crippen LogP contribution >= 0.6 is 0 Å². The predicted octanol–water partition coefficient (Wildman–Crippen LogP) is 4.62. The molecule has 0 saturated carbocycles. The molecule has 7 heteroatoms. The minimum atomic E-state index is -1.20. The number of halogens is 1. The number of nitrogens with zero attached hydrogens (tertiary/aromatic N) is 2. The lowest BCUT2D eigenvalue weighted by atomic mass is 9.84. The molecule has 0 bridgehead atoms. The Balaban J connectivity index is 1.60. The minimum Gasteiger partial charge on any atom is -0.356 e. The molecule has 30 heavy (non-hydrogen) atoms. The SMILES string of the molecule is CCCCC1(c2ccc(F)cc2)NC(=O)N(Cc2cc(-c3ccccc3)on2)C1=O. The number of imide groups is 1. The van der Waals surface area contributed by atoms with Crippen LogP contribution in [0.1, 0.15) is 37.4 Å². The van der Waals surface area contributed by atoms with Gasteiger partial charge >= 0.3 is 6.03 Å². The summed E-state index contributed by atoms with van der Waals surface area (Å²) in [5.74, 6) is -0.195. The molecule has 1 aromatic heterocycles. The number of amides is 3. The number of rotatable bonds is 7. The van der Waals surface area contributed by atoms with Crippen LogP contribution in [0.2, 0.25) is 0 Å². The Hall–Kier alpha value is -3.48. The predicted molar refractivity (Wildman–Crippen MR) is 109 cm³/mol. The van der Waals surface area contributed by atoms with Gasteiger partial charge in [0, 0.05) is 11.6 Å². The standard InChI is InChI=1S/C23H22FN3O3/c1-2-3-13-23(17-9-11-18(24)12-10-17)21(28)27(22(29)25-23)15-19-14-20(30-26-19)16-7-5-4-6-8-16/h4-12,14H,2-3,13,15H2,1H3,(H,25,29). The highest BCUT2D eigenvalue weighted by molar-refractivity contribution is 6.07. The Morgan fingerprint density at radius 2 is 1.83 bits per heavy atom. The third-order valence-corrected chi connectivity index (χ3v) is 5.36. The monoisotopic (exact) mass is 407 g/mol. The van der Waals surface area contributed by atoms with Crippen molar-refractivity contribution in [3.8, 4) is 11.3 Å². The maximum absolute atomic E-state index is 13.4. The van der Waals surface area contributed by atoms with E-state index >= 15 is 0 Å². The summed E-state index contributed by atoms with van der Waals surface area (Å²) in [4.78, 5) is 27.3. The lowest BCUT2D eigenvalue weighted by Crippen LogP contribution is -2.44. The molecule has 1 fully saturated rings. The zero-order valence-electron chi connectivity index (χ0n) is 16.6. The average Bonchev–Trinajstić information content (AvgIpc) is 3.33. The molecule has 1 N–H and O–H groups in total. The maximum Gasteiger partial charge on any atom is 0.325 e. The second kappa shape index (κ2) is 8.10. The second-order valence-electron chi connectivity index (χ2n) is 7.39. The molecule has 4 rings (SSSR count). The number of urea groups is 1. The number of carbonyl (C=O) groups excluding carboxylic acids is 2. The van der Waals surface area contributed by atoms with Gasteiger partial charge in [-0.25, -0.2) is 9.18 Å². The smallest absolute Gasteiger partial charge is 0.325 e. The first-order valence-corrected chi connectivity index (χ1v) is 9.94. The minimum absolute atomic E-state index is 0.00390. The van der Waals surface area contributed by atoms with E-state index in [1.54, 1.807) is 18.2 Å². The van der Waals surface area contributed by atoms with Gasteiger partial charge in [-0.15, -0.1) is 0 Å². The Labute approximate surface area is 173 Å². The van der Waals surface area contributed by atoms with Crippen LogP contribution in [0, 0.1) is 5.82 Å². The molecule has 1 unspecified atom stereocenters. The summed E-state index contributed by atoms with van der Waals surface area (Å²) in [5, 5.41) is 6.87. The molecule has 154 valence electrons. The van der Waals surface area contributed by atoms with Gasteiger partial charge in [-0.05, 0) is 24.1 Å². The Morgan fingerprint density at radius 1 is 1.10 bits per heavy atom. The number of carbonyl (C=O) groups is 2. The van der Waals surface area contributed by atoms with Crippen LogP contribution in [-0.2, 0) is 16.9 Å². The number of benzene rings is 2. The van der Waals surface area contributed by atoms with Gasteiger partial charge in [0.25, 0.3) is 5.91 Å². The van der Waals surface area contributed by atoms with E-state index in [1.165, 1.54) is 12.1 Å². The molecule has 1 saturated heterocycles. The molecule has 6 nitrogen and oxygen atoms in total. The Kier molecular flexibility index (Phi) is 5.35. The zero-order valence-corrected chi connectivity index (χ0v) is 16.6. The van der Waals surface area contributed by atoms with Gasteiger partial charge in [-0.3, -0.25) is 9.69 Å². The zero-order chi connectivity index (χ0) is 21.1.